The van der Waals surface area contributed by atoms with Gasteiger partial charge in [-0.15, -0.1) is 0 Å². The van der Waals surface area contributed by atoms with Crippen LogP contribution in [0.25, 0.3) is 0 Å². The van der Waals surface area contributed by atoms with E-state index >= 15 is 0 Å². The summed E-state index contributed by atoms with van der Waals surface area (Å²) < 4.78 is 0.476. The number of halogens is 1. The number of aliphatic hydroxyl groups is 1. The van der Waals surface area contributed by atoms with Gasteiger partial charge in [-0.1, -0.05) is 22.6 Å². The molecule has 0 aromatic carbocycles. The van der Waals surface area contributed by atoms with Gasteiger partial charge in [0, 0.05) is 4.43 Å². The topological polar surface area (TPSA) is 57.5 Å². The Morgan fingerprint density at radius 2 is 2.25 bits per heavy atom. The van der Waals surface area contributed by atoms with Crippen LogP contribution in [0.3, 0.4) is 0 Å². The van der Waals surface area contributed by atoms with E-state index in [1.807, 2.05) is 22.6 Å². The molecule has 48 valence electrons. The second kappa shape index (κ2) is 4.08. The van der Waals surface area contributed by atoms with E-state index in [4.69, 9.17) is 10.2 Å². The lowest BCUT2D eigenvalue weighted by Crippen LogP contribution is -2.13. The molecule has 0 saturated carbocycles. The van der Waals surface area contributed by atoms with Crippen molar-refractivity contribution in [2.45, 2.75) is 12.5 Å². The molecule has 0 heterocycles. The summed E-state index contributed by atoms with van der Waals surface area (Å²) in [5.41, 5.74) is 0. The summed E-state index contributed by atoms with van der Waals surface area (Å²) in [4.78, 5) is 9.81. The predicted octanol–water partition coefficient (Wildman–Crippen LogP) is 0.257. The fraction of sp³-hybridized carbons (Fsp3) is 0.750. The summed E-state index contributed by atoms with van der Waals surface area (Å²) in [5.74, 6) is -0.950. The molecular formula is C4H7IO3. The summed E-state index contributed by atoms with van der Waals surface area (Å²) in [6, 6.07) is 0. The molecule has 0 unspecified atom stereocenters. The molecule has 2 N–H and O–H groups in total. The van der Waals surface area contributed by atoms with Crippen molar-refractivity contribution in [3.05, 3.63) is 0 Å². The van der Waals surface area contributed by atoms with Crippen LogP contribution in [-0.4, -0.2) is 26.7 Å². The smallest absolute Gasteiger partial charge is 0.306 e. The second-order valence-corrected chi connectivity index (χ2v) is 2.29. The van der Waals surface area contributed by atoms with Crippen LogP contribution in [0.5, 0.6) is 0 Å². The molecule has 0 rings (SSSR count). The van der Waals surface area contributed by atoms with Crippen molar-refractivity contribution >= 4 is 28.6 Å². The minimum Gasteiger partial charge on any atom is -0.481 e. The molecule has 0 aromatic rings. The summed E-state index contributed by atoms with van der Waals surface area (Å²) in [6.07, 6.45) is -0.837. The van der Waals surface area contributed by atoms with Crippen molar-refractivity contribution in [3.63, 3.8) is 0 Å². The first-order chi connectivity index (χ1) is 3.66. The molecule has 0 fully saturated rings. The number of carboxylic acids is 1. The number of hydrogen-bond acceptors (Lipinski definition) is 2. The number of rotatable bonds is 3. The van der Waals surface area contributed by atoms with Crippen molar-refractivity contribution in [2.75, 3.05) is 4.43 Å². The third kappa shape index (κ3) is 4.32. The van der Waals surface area contributed by atoms with E-state index in [-0.39, 0.29) is 6.42 Å². The maximum absolute atomic E-state index is 9.81. The van der Waals surface area contributed by atoms with Gasteiger partial charge >= 0.3 is 5.97 Å². The first-order valence-corrected chi connectivity index (χ1v) is 3.65. The van der Waals surface area contributed by atoms with Gasteiger partial charge in [0.1, 0.15) is 0 Å². The van der Waals surface area contributed by atoms with E-state index in [0.29, 0.717) is 4.43 Å². The fourth-order valence-electron chi connectivity index (χ4n) is 0.256. The van der Waals surface area contributed by atoms with Crippen molar-refractivity contribution in [2.24, 2.45) is 0 Å². The van der Waals surface area contributed by atoms with Crippen LogP contribution < -0.4 is 0 Å². The van der Waals surface area contributed by atoms with Gasteiger partial charge in [0.2, 0.25) is 0 Å². The van der Waals surface area contributed by atoms with E-state index in [0.717, 1.165) is 0 Å². The van der Waals surface area contributed by atoms with Gasteiger partial charge in [-0.2, -0.15) is 0 Å². The van der Waals surface area contributed by atoms with Gasteiger partial charge in [0.15, 0.2) is 0 Å². The lowest BCUT2D eigenvalue weighted by molar-refractivity contribution is -0.138. The van der Waals surface area contributed by atoms with Gasteiger partial charge in [0.05, 0.1) is 12.5 Å². The Morgan fingerprint density at radius 1 is 1.75 bits per heavy atom. The lowest BCUT2D eigenvalue weighted by Gasteiger charge is -1.99. The predicted molar refractivity (Wildman–Crippen MR) is 37.1 cm³/mol. The minimum atomic E-state index is -0.950. The zero-order valence-electron chi connectivity index (χ0n) is 4.17. The average Bonchev–Trinajstić information content (AvgIpc) is 1.65. The van der Waals surface area contributed by atoms with Crippen LogP contribution in [-0.2, 0) is 4.79 Å². The van der Waals surface area contributed by atoms with Crippen LogP contribution in [0.2, 0.25) is 0 Å². The second-order valence-electron chi connectivity index (χ2n) is 1.41. The number of alkyl halides is 1. The van der Waals surface area contributed by atoms with Crippen LogP contribution in [0.1, 0.15) is 6.42 Å². The van der Waals surface area contributed by atoms with Crippen LogP contribution in [0, 0.1) is 0 Å². The zero-order valence-corrected chi connectivity index (χ0v) is 6.33. The number of aliphatic hydroxyl groups excluding tert-OH is 1. The molecule has 4 heteroatoms. The number of hydrogen-bond donors (Lipinski definition) is 2. The van der Waals surface area contributed by atoms with Crippen molar-refractivity contribution in [1.29, 1.82) is 0 Å². The molecule has 0 aliphatic carbocycles. The monoisotopic (exact) mass is 230 g/mol. The molecular weight excluding hydrogens is 223 g/mol. The van der Waals surface area contributed by atoms with Crippen LogP contribution in [0.15, 0.2) is 0 Å². The molecule has 3 nitrogen and oxygen atoms in total. The standard InChI is InChI=1S/C4H7IO3/c5-2-3(6)1-4(7)8/h3,6H,1-2H2,(H,7,8)/t3-/m0/s1. The molecule has 0 aliphatic rings. The third-order valence-electron chi connectivity index (χ3n) is 0.588. The van der Waals surface area contributed by atoms with Crippen LogP contribution in [0.4, 0.5) is 0 Å². The van der Waals surface area contributed by atoms with Crippen LogP contribution >= 0.6 is 22.6 Å². The molecule has 0 aromatic heterocycles. The molecule has 0 saturated heterocycles. The number of carbonyl (C=O) groups is 1. The first-order valence-electron chi connectivity index (χ1n) is 2.12. The average molecular weight is 230 g/mol. The molecule has 8 heavy (non-hydrogen) atoms. The number of aliphatic carboxylic acids is 1. The summed E-state index contributed by atoms with van der Waals surface area (Å²) in [7, 11) is 0. The highest BCUT2D eigenvalue weighted by atomic mass is 127. The van der Waals surface area contributed by atoms with E-state index in [1.54, 1.807) is 0 Å². The maximum Gasteiger partial charge on any atom is 0.306 e. The van der Waals surface area contributed by atoms with Gasteiger partial charge in [0.25, 0.3) is 0 Å². The highest BCUT2D eigenvalue weighted by Gasteiger charge is 2.05. The molecule has 0 amide bonds. The van der Waals surface area contributed by atoms with Gasteiger partial charge in [-0.05, 0) is 0 Å². The zero-order chi connectivity index (χ0) is 6.57. The fourth-order valence-corrected chi connectivity index (χ4v) is 0.568. The minimum absolute atomic E-state index is 0.150. The van der Waals surface area contributed by atoms with E-state index < -0.39 is 12.1 Å². The molecule has 0 bridgehead atoms. The molecule has 0 aliphatic heterocycles. The van der Waals surface area contributed by atoms with E-state index in [1.165, 1.54) is 0 Å². The highest BCUT2D eigenvalue weighted by Crippen LogP contribution is 1.95. The molecule has 0 spiro atoms. The van der Waals surface area contributed by atoms with Crippen molar-refractivity contribution in [3.8, 4) is 0 Å². The third-order valence-corrected chi connectivity index (χ3v) is 1.61. The largest absolute Gasteiger partial charge is 0.481 e. The van der Waals surface area contributed by atoms with E-state index in [2.05, 4.69) is 0 Å². The van der Waals surface area contributed by atoms with Crippen molar-refractivity contribution < 1.29 is 15.0 Å². The lowest BCUT2D eigenvalue weighted by atomic mass is 10.3. The Kier molecular flexibility index (Phi) is 4.16. The molecule has 1 atom stereocenters. The summed E-state index contributed by atoms with van der Waals surface area (Å²) in [5, 5.41) is 16.7. The Bertz CT molecular complexity index is 83.4. The SMILES string of the molecule is O=C(O)C[C@H](O)CI. The quantitative estimate of drug-likeness (QED) is 0.540. The normalized spacial score (nSPS) is 13.2. The Morgan fingerprint density at radius 3 is 2.38 bits per heavy atom. The van der Waals surface area contributed by atoms with Gasteiger partial charge in [-0.3, -0.25) is 4.79 Å². The first kappa shape index (κ1) is 8.16. The Hall–Kier alpha value is 0.160. The number of carboxylic acid groups (broad SMARTS) is 1. The van der Waals surface area contributed by atoms with E-state index in [9.17, 15) is 4.79 Å². The summed E-state index contributed by atoms with van der Waals surface area (Å²) in [6.45, 7) is 0. The highest BCUT2D eigenvalue weighted by molar-refractivity contribution is 14.1. The summed E-state index contributed by atoms with van der Waals surface area (Å²) >= 11 is 1.93. The Labute approximate surface area is 60.8 Å². The van der Waals surface area contributed by atoms with Gasteiger partial charge < -0.3 is 10.2 Å². The van der Waals surface area contributed by atoms with Crippen molar-refractivity contribution in [1.82, 2.24) is 0 Å². The van der Waals surface area contributed by atoms with Gasteiger partial charge in [-0.25, -0.2) is 0 Å². The Balaban J connectivity index is 3.24. The maximum atomic E-state index is 9.81. The molecule has 0 radical (unpaired) electrons.